The summed E-state index contributed by atoms with van der Waals surface area (Å²) in [5.41, 5.74) is 5.93. The second-order valence-corrected chi connectivity index (χ2v) is 5.18. The molecule has 0 aromatic carbocycles. The van der Waals surface area contributed by atoms with Crippen LogP contribution in [-0.4, -0.2) is 61.1 Å². The van der Waals surface area contributed by atoms with Crippen molar-refractivity contribution in [1.82, 2.24) is 0 Å². The van der Waals surface area contributed by atoms with Crippen molar-refractivity contribution in [3.63, 3.8) is 0 Å². The molecule has 0 aromatic heterocycles. The second-order valence-electron chi connectivity index (χ2n) is 5.18. The first kappa shape index (κ1) is 23.1. The predicted octanol–water partition coefficient (Wildman–Crippen LogP) is -3.97. The monoisotopic (exact) mass is 382 g/mol. The number of ether oxygens (including phenoxy) is 5. The Balaban J connectivity index is 0.00000576. The van der Waals surface area contributed by atoms with E-state index in [-0.39, 0.29) is 19.0 Å². The molecule has 10 nitrogen and oxygen atoms in total. The molecule has 1 rings (SSSR count). The third kappa shape index (κ3) is 7.24. The summed E-state index contributed by atoms with van der Waals surface area (Å²) in [4.78, 5) is 44.9. The molecule has 11 heteroatoms. The topological polar surface area (TPSA) is 140 Å². The Morgan fingerprint density at radius 1 is 0.840 bits per heavy atom. The van der Waals surface area contributed by atoms with Crippen LogP contribution < -0.4 is 18.1 Å². The molecule has 144 valence electrons. The van der Waals surface area contributed by atoms with Gasteiger partial charge in [0.15, 0.2) is 12.2 Å². The molecule has 1 aliphatic rings. The van der Waals surface area contributed by atoms with Gasteiger partial charge in [-0.1, -0.05) is 0 Å². The van der Waals surface area contributed by atoms with Crippen LogP contribution in [0.4, 0.5) is 0 Å². The summed E-state index contributed by atoms with van der Waals surface area (Å²) in [5, 5.41) is 0. The maximum atomic E-state index is 11.3. The van der Waals surface area contributed by atoms with Gasteiger partial charge in [-0.15, -0.1) is 0 Å². The van der Waals surface area contributed by atoms with Gasteiger partial charge < -0.3 is 41.8 Å². The van der Waals surface area contributed by atoms with Crippen LogP contribution in [0.15, 0.2) is 0 Å². The molecule has 0 spiro atoms. The summed E-state index contributed by atoms with van der Waals surface area (Å²) in [6.45, 7) is 4.32. The number of rotatable bonds is 5. The Kier molecular flexibility index (Phi) is 9.39. The molecule has 0 radical (unpaired) electrons. The molecule has 5 unspecified atom stereocenters. The minimum Gasteiger partial charge on any atom is -1.00 e. The molecule has 25 heavy (non-hydrogen) atoms. The highest BCUT2D eigenvalue weighted by Crippen LogP contribution is 2.26. The Hall–Kier alpha value is -1.91. The fourth-order valence-corrected chi connectivity index (χ4v) is 2.20. The van der Waals surface area contributed by atoms with Crippen LogP contribution in [0.3, 0.4) is 0 Å². The van der Waals surface area contributed by atoms with Gasteiger partial charge in [0.1, 0.15) is 18.8 Å². The van der Waals surface area contributed by atoms with E-state index in [1.54, 1.807) is 0 Å². The van der Waals surface area contributed by atoms with E-state index in [1.165, 1.54) is 6.92 Å². The Morgan fingerprint density at radius 2 is 1.32 bits per heavy atom. The molecule has 0 aliphatic carbocycles. The quantitative estimate of drug-likeness (QED) is 0.369. The largest absolute Gasteiger partial charge is 1.00 e. The third-order valence-corrected chi connectivity index (χ3v) is 3.03. The predicted molar refractivity (Wildman–Crippen MR) is 76.1 cm³/mol. The molecule has 0 amide bonds. The van der Waals surface area contributed by atoms with E-state index in [9.17, 15) is 19.2 Å². The standard InChI is InChI=1S/C14H21NO9.ClH/c1-6(16)20-5-10-12(21-7(2)17)13(22-8(3)18)11(15)14(24-10)23-9(4)19;/h10-14H,5,15H2,1-4H3;1H/p-1. The number of hydrogen-bond acceptors (Lipinski definition) is 10. The molecule has 2 N–H and O–H groups in total. The van der Waals surface area contributed by atoms with Gasteiger partial charge in [0, 0.05) is 27.7 Å². The zero-order valence-electron chi connectivity index (χ0n) is 14.2. The van der Waals surface area contributed by atoms with Crippen LogP contribution in [-0.2, 0) is 42.9 Å². The van der Waals surface area contributed by atoms with Crippen molar-refractivity contribution in [2.45, 2.75) is 58.3 Å². The van der Waals surface area contributed by atoms with Gasteiger partial charge in [0.25, 0.3) is 0 Å². The van der Waals surface area contributed by atoms with E-state index in [1.807, 2.05) is 0 Å². The average molecular weight is 383 g/mol. The van der Waals surface area contributed by atoms with Crippen LogP contribution in [0, 0.1) is 0 Å². The minimum absolute atomic E-state index is 0. The van der Waals surface area contributed by atoms with Crippen LogP contribution in [0.25, 0.3) is 0 Å². The molecule has 5 atom stereocenters. The molecule has 0 bridgehead atoms. The Labute approximate surface area is 150 Å². The first-order valence-electron chi connectivity index (χ1n) is 7.18. The zero-order valence-corrected chi connectivity index (χ0v) is 15.0. The summed E-state index contributed by atoms with van der Waals surface area (Å²) in [6.07, 6.45) is -4.58. The van der Waals surface area contributed by atoms with Gasteiger partial charge in [0.2, 0.25) is 6.29 Å². The fraction of sp³-hybridized carbons (Fsp3) is 0.714. The normalized spacial score (nSPS) is 28.1. The van der Waals surface area contributed by atoms with E-state index >= 15 is 0 Å². The van der Waals surface area contributed by atoms with Gasteiger partial charge in [-0.2, -0.15) is 0 Å². The zero-order chi connectivity index (χ0) is 18.4. The number of nitrogens with two attached hydrogens (primary N) is 1. The molecule has 0 saturated carbocycles. The van der Waals surface area contributed by atoms with Crippen molar-refractivity contribution < 1.29 is 55.3 Å². The lowest BCUT2D eigenvalue weighted by Gasteiger charge is -2.42. The molecule has 1 heterocycles. The van der Waals surface area contributed by atoms with Crippen molar-refractivity contribution >= 4 is 23.9 Å². The molecular weight excluding hydrogens is 362 g/mol. The summed E-state index contributed by atoms with van der Waals surface area (Å²) in [7, 11) is 0. The lowest BCUT2D eigenvalue weighted by molar-refractivity contribution is -0.267. The van der Waals surface area contributed by atoms with Crippen LogP contribution in [0.2, 0.25) is 0 Å². The summed E-state index contributed by atoms with van der Waals surface area (Å²) >= 11 is 0. The van der Waals surface area contributed by atoms with Gasteiger partial charge in [-0.05, 0) is 0 Å². The SMILES string of the molecule is CC(=O)OCC1OC(OC(C)=O)C(N)C(OC(C)=O)C1OC(C)=O.[Cl-]. The fourth-order valence-electron chi connectivity index (χ4n) is 2.20. The van der Waals surface area contributed by atoms with E-state index < -0.39 is 54.5 Å². The van der Waals surface area contributed by atoms with Crippen LogP contribution >= 0.6 is 0 Å². The van der Waals surface area contributed by atoms with Gasteiger partial charge >= 0.3 is 23.9 Å². The number of carbonyl (C=O) groups is 4. The lowest BCUT2D eigenvalue weighted by atomic mass is 9.97. The Bertz CT molecular complexity index is 497. The second kappa shape index (κ2) is 10.2. The number of esters is 4. The van der Waals surface area contributed by atoms with E-state index in [0.29, 0.717) is 0 Å². The molecule has 0 aromatic rings. The summed E-state index contributed by atoms with van der Waals surface area (Å²) in [6, 6.07) is -1.10. The highest BCUT2D eigenvalue weighted by molar-refractivity contribution is 5.68. The summed E-state index contributed by atoms with van der Waals surface area (Å²) in [5.74, 6) is -2.62. The summed E-state index contributed by atoms with van der Waals surface area (Å²) < 4.78 is 25.5. The van der Waals surface area contributed by atoms with Crippen molar-refractivity contribution in [2.24, 2.45) is 5.73 Å². The van der Waals surface area contributed by atoms with Crippen molar-refractivity contribution in [3.8, 4) is 0 Å². The van der Waals surface area contributed by atoms with Gasteiger partial charge in [-0.3, -0.25) is 19.2 Å². The van der Waals surface area contributed by atoms with Crippen molar-refractivity contribution in [3.05, 3.63) is 0 Å². The van der Waals surface area contributed by atoms with Gasteiger partial charge in [-0.25, -0.2) is 0 Å². The first-order chi connectivity index (χ1) is 11.1. The smallest absolute Gasteiger partial charge is 0.304 e. The Morgan fingerprint density at radius 3 is 1.76 bits per heavy atom. The average Bonchev–Trinajstić information content (AvgIpc) is 2.42. The van der Waals surface area contributed by atoms with Crippen LogP contribution in [0.5, 0.6) is 0 Å². The third-order valence-electron chi connectivity index (χ3n) is 3.03. The van der Waals surface area contributed by atoms with Crippen LogP contribution in [0.1, 0.15) is 27.7 Å². The maximum Gasteiger partial charge on any atom is 0.304 e. The number of hydrogen-bond donors (Lipinski definition) is 1. The molecule has 1 aliphatic heterocycles. The molecule has 1 saturated heterocycles. The first-order valence-corrected chi connectivity index (χ1v) is 7.18. The number of carbonyl (C=O) groups excluding carboxylic acids is 4. The number of halogens is 1. The van der Waals surface area contributed by atoms with Gasteiger partial charge in [0.05, 0.1) is 0 Å². The highest BCUT2D eigenvalue weighted by atomic mass is 35.5. The van der Waals surface area contributed by atoms with Crippen molar-refractivity contribution in [1.29, 1.82) is 0 Å². The molecular formula is C14H21ClNO9-. The molecule has 1 fully saturated rings. The van der Waals surface area contributed by atoms with E-state index in [2.05, 4.69) is 0 Å². The lowest BCUT2D eigenvalue weighted by Crippen LogP contribution is -3.00. The van der Waals surface area contributed by atoms with E-state index in [4.69, 9.17) is 29.4 Å². The van der Waals surface area contributed by atoms with Crippen molar-refractivity contribution in [2.75, 3.05) is 6.61 Å². The highest BCUT2D eigenvalue weighted by Gasteiger charge is 2.50. The minimum atomic E-state index is -1.26. The maximum absolute atomic E-state index is 11.3. The van der Waals surface area contributed by atoms with E-state index in [0.717, 1.165) is 20.8 Å².